The van der Waals surface area contributed by atoms with Crippen LogP contribution in [0.2, 0.25) is 0 Å². The molecule has 0 radical (unpaired) electrons. The van der Waals surface area contributed by atoms with Crippen molar-refractivity contribution in [2.45, 2.75) is 13.0 Å². The van der Waals surface area contributed by atoms with Gasteiger partial charge in [0.2, 0.25) is 5.88 Å². The van der Waals surface area contributed by atoms with Gasteiger partial charge in [-0.1, -0.05) is 0 Å². The van der Waals surface area contributed by atoms with Crippen LogP contribution in [0.3, 0.4) is 0 Å². The molecule has 0 aliphatic carbocycles. The molecule has 1 unspecified atom stereocenters. The van der Waals surface area contributed by atoms with Crippen LogP contribution in [0.1, 0.15) is 6.92 Å². The van der Waals surface area contributed by atoms with Crippen molar-refractivity contribution >= 4 is 31.9 Å². The average Bonchev–Trinajstić information content (AvgIpc) is 2.44. The van der Waals surface area contributed by atoms with E-state index in [2.05, 4.69) is 36.8 Å². The van der Waals surface area contributed by atoms with Crippen molar-refractivity contribution in [3.05, 3.63) is 45.5 Å². The largest absolute Gasteiger partial charge is 0.488 e. The minimum atomic E-state index is -0.232. The van der Waals surface area contributed by atoms with Crippen molar-refractivity contribution in [3.8, 4) is 17.4 Å². The van der Waals surface area contributed by atoms with Crippen LogP contribution in [0.5, 0.6) is 17.4 Å². The molecule has 1 atom stereocenters. The van der Waals surface area contributed by atoms with Crippen LogP contribution in [0.4, 0.5) is 0 Å². The molecule has 0 fully saturated rings. The summed E-state index contributed by atoms with van der Waals surface area (Å²) in [7, 11) is 0. The van der Waals surface area contributed by atoms with Gasteiger partial charge < -0.3 is 14.6 Å². The molecule has 20 heavy (non-hydrogen) atoms. The summed E-state index contributed by atoms with van der Waals surface area (Å²) >= 11 is 6.73. The summed E-state index contributed by atoms with van der Waals surface area (Å²) in [5.41, 5.74) is 0. The molecule has 0 bridgehead atoms. The Morgan fingerprint density at radius 2 is 1.85 bits per heavy atom. The van der Waals surface area contributed by atoms with Gasteiger partial charge in [0.15, 0.2) is 0 Å². The Labute approximate surface area is 134 Å². The summed E-state index contributed by atoms with van der Waals surface area (Å²) in [6.07, 6.45) is 1.43. The summed E-state index contributed by atoms with van der Waals surface area (Å²) in [4.78, 5) is 4.18. The van der Waals surface area contributed by atoms with E-state index in [0.29, 0.717) is 17.4 Å². The number of halogens is 2. The SMILES string of the molecule is CC(CO)Oc1ccc(Oc2ncc(Br)cc2Br)cc1. The first kappa shape index (κ1) is 15.3. The van der Waals surface area contributed by atoms with Crippen LogP contribution in [0.25, 0.3) is 0 Å². The van der Waals surface area contributed by atoms with Crippen molar-refractivity contribution in [2.24, 2.45) is 0 Å². The highest BCUT2D eigenvalue weighted by Crippen LogP contribution is 2.30. The van der Waals surface area contributed by atoms with Gasteiger partial charge in [-0.05, 0) is 69.1 Å². The zero-order valence-electron chi connectivity index (χ0n) is 10.7. The van der Waals surface area contributed by atoms with Crippen molar-refractivity contribution in [1.82, 2.24) is 4.98 Å². The van der Waals surface area contributed by atoms with E-state index in [1.807, 2.05) is 6.07 Å². The van der Waals surface area contributed by atoms with Crippen molar-refractivity contribution in [3.63, 3.8) is 0 Å². The molecule has 0 aliphatic rings. The third-order valence-corrected chi connectivity index (χ3v) is 3.41. The Balaban J connectivity index is 2.07. The second-order valence-corrected chi connectivity index (χ2v) is 5.90. The lowest BCUT2D eigenvalue weighted by atomic mass is 10.3. The Morgan fingerprint density at radius 1 is 1.20 bits per heavy atom. The van der Waals surface area contributed by atoms with Gasteiger partial charge in [-0.2, -0.15) is 0 Å². The van der Waals surface area contributed by atoms with Crippen LogP contribution < -0.4 is 9.47 Å². The zero-order chi connectivity index (χ0) is 14.5. The van der Waals surface area contributed by atoms with Crippen LogP contribution in [-0.4, -0.2) is 22.8 Å². The molecule has 6 heteroatoms. The van der Waals surface area contributed by atoms with Gasteiger partial charge >= 0.3 is 0 Å². The number of rotatable bonds is 5. The van der Waals surface area contributed by atoms with E-state index in [9.17, 15) is 0 Å². The first-order valence-electron chi connectivity index (χ1n) is 5.95. The first-order valence-corrected chi connectivity index (χ1v) is 7.53. The molecule has 1 heterocycles. The highest BCUT2D eigenvalue weighted by Gasteiger charge is 2.06. The summed E-state index contributed by atoms with van der Waals surface area (Å²) in [5.74, 6) is 1.83. The highest BCUT2D eigenvalue weighted by atomic mass is 79.9. The number of aliphatic hydroxyl groups excluding tert-OH is 1. The average molecular weight is 403 g/mol. The van der Waals surface area contributed by atoms with Gasteiger partial charge in [-0.15, -0.1) is 0 Å². The molecule has 1 aromatic carbocycles. The summed E-state index contributed by atoms with van der Waals surface area (Å²) in [6, 6.07) is 9.01. The van der Waals surface area contributed by atoms with E-state index in [0.717, 1.165) is 8.95 Å². The van der Waals surface area contributed by atoms with Gasteiger partial charge in [-0.3, -0.25) is 0 Å². The number of ether oxygens (including phenoxy) is 2. The van der Waals surface area contributed by atoms with Crippen LogP contribution in [0.15, 0.2) is 45.5 Å². The lowest BCUT2D eigenvalue weighted by Gasteiger charge is -2.12. The smallest absolute Gasteiger partial charge is 0.233 e. The monoisotopic (exact) mass is 401 g/mol. The topological polar surface area (TPSA) is 51.6 Å². The third kappa shape index (κ3) is 4.19. The second-order valence-electron chi connectivity index (χ2n) is 4.13. The molecule has 0 amide bonds. The number of hydrogen-bond acceptors (Lipinski definition) is 4. The molecule has 0 saturated heterocycles. The molecule has 1 aromatic heterocycles. The normalized spacial score (nSPS) is 12.0. The van der Waals surface area contributed by atoms with Crippen molar-refractivity contribution < 1.29 is 14.6 Å². The minimum absolute atomic E-state index is 0.0198. The van der Waals surface area contributed by atoms with E-state index >= 15 is 0 Å². The first-order chi connectivity index (χ1) is 9.58. The van der Waals surface area contributed by atoms with Gasteiger partial charge in [0, 0.05) is 10.7 Å². The lowest BCUT2D eigenvalue weighted by molar-refractivity contribution is 0.129. The van der Waals surface area contributed by atoms with Gasteiger partial charge in [0.25, 0.3) is 0 Å². The molecule has 106 valence electrons. The van der Waals surface area contributed by atoms with E-state index < -0.39 is 0 Å². The maximum atomic E-state index is 8.93. The van der Waals surface area contributed by atoms with Crippen LogP contribution >= 0.6 is 31.9 Å². The van der Waals surface area contributed by atoms with E-state index in [1.54, 1.807) is 37.4 Å². The zero-order valence-corrected chi connectivity index (χ0v) is 13.9. The number of nitrogens with zero attached hydrogens (tertiary/aromatic N) is 1. The van der Waals surface area contributed by atoms with Crippen molar-refractivity contribution in [2.75, 3.05) is 6.61 Å². The molecule has 4 nitrogen and oxygen atoms in total. The Morgan fingerprint density at radius 3 is 2.45 bits per heavy atom. The quantitative estimate of drug-likeness (QED) is 0.815. The predicted octanol–water partition coefficient (Wildman–Crippen LogP) is 4.16. The predicted molar refractivity (Wildman–Crippen MR) is 83.3 cm³/mol. The van der Waals surface area contributed by atoms with E-state index in [4.69, 9.17) is 14.6 Å². The molecule has 2 rings (SSSR count). The Hall–Kier alpha value is -1.11. The molecular weight excluding hydrogens is 390 g/mol. The van der Waals surface area contributed by atoms with E-state index in [1.165, 1.54) is 0 Å². The van der Waals surface area contributed by atoms with Gasteiger partial charge in [0.05, 0.1) is 11.1 Å². The number of benzene rings is 1. The number of aliphatic hydroxyl groups is 1. The molecule has 1 N–H and O–H groups in total. The molecule has 0 aliphatic heterocycles. The van der Waals surface area contributed by atoms with Crippen LogP contribution in [-0.2, 0) is 0 Å². The third-order valence-electron chi connectivity index (χ3n) is 2.41. The van der Waals surface area contributed by atoms with Crippen molar-refractivity contribution in [1.29, 1.82) is 0 Å². The second kappa shape index (κ2) is 7.06. The number of hydrogen-bond donors (Lipinski definition) is 1. The Kier molecular flexibility index (Phi) is 5.39. The molecule has 2 aromatic rings. The molecule has 0 saturated carbocycles. The lowest BCUT2D eigenvalue weighted by Crippen LogP contribution is -2.15. The fourth-order valence-corrected chi connectivity index (χ4v) is 2.51. The number of aromatic nitrogens is 1. The summed E-state index contributed by atoms with van der Waals surface area (Å²) in [5, 5.41) is 8.93. The molecular formula is C14H13Br2NO3. The fourth-order valence-electron chi connectivity index (χ4n) is 1.44. The summed E-state index contributed by atoms with van der Waals surface area (Å²) < 4.78 is 12.8. The molecule has 0 spiro atoms. The van der Waals surface area contributed by atoms with Gasteiger partial charge in [-0.25, -0.2) is 4.98 Å². The van der Waals surface area contributed by atoms with Gasteiger partial charge in [0.1, 0.15) is 17.6 Å². The fraction of sp³-hybridized carbons (Fsp3) is 0.214. The maximum Gasteiger partial charge on any atom is 0.233 e. The standard InChI is InChI=1S/C14H13Br2NO3/c1-9(8-18)19-11-2-4-12(5-3-11)20-14-13(16)6-10(15)7-17-14/h2-7,9,18H,8H2,1H3. The minimum Gasteiger partial charge on any atom is -0.488 e. The maximum absolute atomic E-state index is 8.93. The highest BCUT2D eigenvalue weighted by molar-refractivity contribution is 9.11. The summed E-state index contributed by atoms with van der Waals surface area (Å²) in [6.45, 7) is 1.78. The number of pyridine rings is 1. The van der Waals surface area contributed by atoms with E-state index in [-0.39, 0.29) is 12.7 Å². The Bertz CT molecular complexity index is 575. The van der Waals surface area contributed by atoms with Crippen LogP contribution in [0, 0.1) is 0 Å².